The highest BCUT2D eigenvalue weighted by atomic mass is 79.9. The largest absolute Gasteiger partial charge is 0.350 e. The summed E-state index contributed by atoms with van der Waals surface area (Å²) in [7, 11) is 0. The second-order valence-electron chi connectivity index (χ2n) is 7.25. The number of anilines is 1. The highest BCUT2D eigenvalue weighted by Gasteiger charge is 2.22. The van der Waals surface area contributed by atoms with Gasteiger partial charge in [0.2, 0.25) is 0 Å². The van der Waals surface area contributed by atoms with Gasteiger partial charge in [0.25, 0.3) is 11.8 Å². The van der Waals surface area contributed by atoms with Crippen molar-refractivity contribution in [2.24, 2.45) is 0 Å². The van der Waals surface area contributed by atoms with Crippen LogP contribution in [-0.2, 0) is 0 Å². The molecule has 0 saturated carbocycles. The maximum atomic E-state index is 12.9. The van der Waals surface area contributed by atoms with E-state index in [1.807, 2.05) is 13.8 Å². The molecule has 9 nitrogen and oxygen atoms in total. The summed E-state index contributed by atoms with van der Waals surface area (Å²) in [5, 5.41) is 12.1. The molecule has 2 aromatic heterocycles. The maximum absolute atomic E-state index is 12.9. The van der Waals surface area contributed by atoms with Gasteiger partial charge in [0.15, 0.2) is 5.82 Å². The van der Waals surface area contributed by atoms with Gasteiger partial charge in [-0.2, -0.15) is 5.10 Å². The Morgan fingerprint density at radius 1 is 1.12 bits per heavy atom. The quantitative estimate of drug-likeness (QED) is 0.388. The van der Waals surface area contributed by atoms with Gasteiger partial charge in [0.05, 0.1) is 16.3 Å². The minimum absolute atomic E-state index is 0.0305. The highest BCUT2D eigenvalue weighted by Crippen LogP contribution is 2.26. The van der Waals surface area contributed by atoms with Crippen molar-refractivity contribution in [3.8, 4) is 5.82 Å². The summed E-state index contributed by atoms with van der Waals surface area (Å²) < 4.78 is 2.25. The van der Waals surface area contributed by atoms with Crippen LogP contribution in [0.3, 0.4) is 0 Å². The predicted molar refractivity (Wildman–Crippen MR) is 132 cm³/mol. The standard InChI is InChI=1S/C21H19Br2ClN6O3/c1-10(2)26-19(31)13-8-12(22)7-11(3)17(13)27-21(33)28-20(32)15-9-16(23)29-30(15)18-14(24)5-4-6-25-18/h4-10H,1-3H3,(H,26,31)(H2,27,28,32,33). The molecule has 0 fully saturated rings. The number of nitrogens with zero attached hydrogens (tertiary/aromatic N) is 3. The fraction of sp³-hybridized carbons (Fsp3) is 0.190. The van der Waals surface area contributed by atoms with Crippen LogP contribution in [0.1, 0.15) is 40.3 Å². The van der Waals surface area contributed by atoms with Crippen molar-refractivity contribution < 1.29 is 14.4 Å². The van der Waals surface area contributed by atoms with Crippen LogP contribution >= 0.6 is 43.5 Å². The lowest BCUT2D eigenvalue weighted by molar-refractivity contribution is 0.0941. The smallest absolute Gasteiger partial charge is 0.326 e. The minimum Gasteiger partial charge on any atom is -0.350 e. The second kappa shape index (κ2) is 10.4. The Labute approximate surface area is 211 Å². The number of halogens is 3. The molecule has 3 aromatic rings. The number of imide groups is 1. The molecule has 0 unspecified atom stereocenters. The van der Waals surface area contributed by atoms with Crippen molar-refractivity contribution >= 4 is 67.0 Å². The van der Waals surface area contributed by atoms with Crippen LogP contribution in [0.5, 0.6) is 0 Å². The zero-order valence-electron chi connectivity index (χ0n) is 17.7. The van der Waals surface area contributed by atoms with Crippen molar-refractivity contribution in [3.63, 3.8) is 0 Å². The van der Waals surface area contributed by atoms with Gasteiger partial charge in [-0.15, -0.1) is 0 Å². The van der Waals surface area contributed by atoms with Crippen molar-refractivity contribution in [1.29, 1.82) is 0 Å². The molecule has 0 saturated heterocycles. The molecule has 0 spiro atoms. The Balaban J connectivity index is 1.85. The van der Waals surface area contributed by atoms with E-state index in [2.05, 4.69) is 57.9 Å². The Kier molecular flexibility index (Phi) is 7.88. The monoisotopic (exact) mass is 596 g/mol. The zero-order chi connectivity index (χ0) is 24.3. The summed E-state index contributed by atoms with van der Waals surface area (Å²) in [6.45, 7) is 5.40. The van der Waals surface area contributed by atoms with Gasteiger partial charge in [0.1, 0.15) is 10.3 Å². The van der Waals surface area contributed by atoms with E-state index in [0.717, 1.165) is 0 Å². The van der Waals surface area contributed by atoms with Crippen molar-refractivity contribution in [1.82, 2.24) is 25.4 Å². The Hall–Kier alpha value is -2.76. The number of carbonyl (C=O) groups excluding carboxylic acids is 3. The lowest BCUT2D eigenvalue weighted by Gasteiger charge is -2.16. The third kappa shape index (κ3) is 5.98. The van der Waals surface area contributed by atoms with Crippen LogP contribution in [-0.4, -0.2) is 38.7 Å². The van der Waals surface area contributed by atoms with Gasteiger partial charge in [-0.1, -0.05) is 27.5 Å². The van der Waals surface area contributed by atoms with Crippen LogP contribution in [0.2, 0.25) is 5.02 Å². The van der Waals surface area contributed by atoms with Crippen molar-refractivity contribution in [2.75, 3.05) is 5.32 Å². The number of hydrogen-bond acceptors (Lipinski definition) is 5. The zero-order valence-corrected chi connectivity index (χ0v) is 21.7. The molecule has 0 bridgehead atoms. The number of aromatic nitrogens is 3. The van der Waals surface area contributed by atoms with E-state index in [4.69, 9.17) is 11.6 Å². The van der Waals surface area contributed by atoms with Gasteiger partial charge >= 0.3 is 6.03 Å². The number of aryl methyl sites for hydroxylation is 1. The first-order valence-corrected chi connectivity index (χ1v) is 11.6. The first-order chi connectivity index (χ1) is 15.6. The molecule has 0 atom stereocenters. The molecular formula is C21H19Br2ClN6O3. The molecule has 3 N–H and O–H groups in total. The van der Waals surface area contributed by atoms with E-state index in [-0.39, 0.29) is 39.7 Å². The van der Waals surface area contributed by atoms with Crippen LogP contribution in [0, 0.1) is 6.92 Å². The average Bonchev–Trinajstić information content (AvgIpc) is 3.11. The molecule has 4 amide bonds. The fourth-order valence-electron chi connectivity index (χ4n) is 2.95. The Bertz CT molecular complexity index is 1240. The average molecular weight is 599 g/mol. The van der Waals surface area contributed by atoms with Gasteiger partial charge in [0, 0.05) is 22.8 Å². The SMILES string of the molecule is Cc1cc(Br)cc(C(=O)NC(C)C)c1NC(=O)NC(=O)c1cc(Br)nn1-c1ncccc1Cl. The molecule has 3 rings (SSSR count). The third-order valence-corrected chi connectivity index (χ3v) is 5.42. The molecule has 0 radical (unpaired) electrons. The number of rotatable bonds is 5. The van der Waals surface area contributed by atoms with E-state index < -0.39 is 11.9 Å². The number of pyridine rings is 1. The van der Waals surface area contributed by atoms with E-state index in [1.165, 1.54) is 16.9 Å². The fourth-order valence-corrected chi connectivity index (χ4v) is 4.10. The minimum atomic E-state index is -0.819. The lowest BCUT2D eigenvalue weighted by atomic mass is 10.1. The molecule has 0 aliphatic heterocycles. The molecule has 12 heteroatoms. The van der Waals surface area contributed by atoms with Gasteiger partial charge in [-0.3, -0.25) is 14.9 Å². The molecule has 1 aromatic carbocycles. The topological polar surface area (TPSA) is 118 Å². The number of amides is 4. The molecule has 0 aliphatic carbocycles. The highest BCUT2D eigenvalue weighted by molar-refractivity contribution is 9.10. The summed E-state index contributed by atoms with van der Waals surface area (Å²) in [6, 6.07) is 7.10. The number of urea groups is 1. The lowest BCUT2D eigenvalue weighted by Crippen LogP contribution is -2.37. The third-order valence-electron chi connectivity index (χ3n) is 4.28. The number of benzene rings is 1. The Morgan fingerprint density at radius 3 is 2.52 bits per heavy atom. The van der Waals surface area contributed by atoms with Crippen molar-refractivity contribution in [2.45, 2.75) is 26.8 Å². The molecule has 33 heavy (non-hydrogen) atoms. The summed E-state index contributed by atoms with van der Waals surface area (Å²) in [5.74, 6) is -0.870. The second-order valence-corrected chi connectivity index (χ2v) is 9.39. The van der Waals surface area contributed by atoms with E-state index in [0.29, 0.717) is 14.6 Å². The summed E-state index contributed by atoms with van der Waals surface area (Å²) in [5.41, 5.74) is 1.20. The Morgan fingerprint density at radius 2 is 1.85 bits per heavy atom. The van der Waals surface area contributed by atoms with Gasteiger partial charge in [-0.05, 0) is 66.5 Å². The maximum Gasteiger partial charge on any atom is 0.326 e. The number of carbonyl (C=O) groups is 3. The first kappa shape index (κ1) is 24.9. The molecule has 172 valence electrons. The summed E-state index contributed by atoms with van der Waals surface area (Å²) >= 11 is 12.8. The van der Waals surface area contributed by atoms with Crippen LogP contribution < -0.4 is 16.0 Å². The first-order valence-electron chi connectivity index (χ1n) is 9.66. The van der Waals surface area contributed by atoms with Crippen LogP contribution in [0.15, 0.2) is 45.6 Å². The van der Waals surface area contributed by atoms with E-state index in [9.17, 15) is 14.4 Å². The summed E-state index contributed by atoms with van der Waals surface area (Å²) in [4.78, 5) is 42.3. The number of nitrogens with one attached hydrogen (secondary N) is 3. The van der Waals surface area contributed by atoms with Gasteiger partial charge in [-0.25, -0.2) is 14.5 Å². The molecule has 2 heterocycles. The normalized spacial score (nSPS) is 10.8. The van der Waals surface area contributed by atoms with E-state index >= 15 is 0 Å². The predicted octanol–water partition coefficient (Wildman–Crippen LogP) is 4.85. The van der Waals surface area contributed by atoms with Crippen LogP contribution in [0.25, 0.3) is 5.82 Å². The molecular weight excluding hydrogens is 580 g/mol. The summed E-state index contributed by atoms with van der Waals surface area (Å²) in [6.07, 6.45) is 1.51. The number of hydrogen-bond donors (Lipinski definition) is 3. The van der Waals surface area contributed by atoms with E-state index in [1.54, 1.807) is 31.2 Å². The van der Waals surface area contributed by atoms with Crippen molar-refractivity contribution in [3.05, 3.63) is 67.4 Å². The van der Waals surface area contributed by atoms with Crippen LogP contribution in [0.4, 0.5) is 10.5 Å². The van der Waals surface area contributed by atoms with Gasteiger partial charge < -0.3 is 10.6 Å². The molecule has 0 aliphatic rings.